The second kappa shape index (κ2) is 6.10. The van der Waals surface area contributed by atoms with Gasteiger partial charge in [0.05, 0.1) is 6.61 Å². The SMILES string of the molecule is COCCSc1ccc([C@H](C)N)cc1F. The molecule has 0 saturated heterocycles. The van der Waals surface area contributed by atoms with Crippen LogP contribution in [0, 0.1) is 5.82 Å². The number of hydrogen-bond acceptors (Lipinski definition) is 3. The lowest BCUT2D eigenvalue weighted by molar-refractivity contribution is 0.218. The van der Waals surface area contributed by atoms with E-state index in [0.717, 1.165) is 11.3 Å². The zero-order valence-corrected chi connectivity index (χ0v) is 9.81. The summed E-state index contributed by atoms with van der Waals surface area (Å²) >= 11 is 1.45. The van der Waals surface area contributed by atoms with Crippen molar-refractivity contribution in [1.82, 2.24) is 0 Å². The number of hydrogen-bond donors (Lipinski definition) is 1. The van der Waals surface area contributed by atoms with Crippen molar-refractivity contribution in [1.29, 1.82) is 0 Å². The van der Waals surface area contributed by atoms with Crippen molar-refractivity contribution in [3.63, 3.8) is 0 Å². The first-order valence-corrected chi connectivity index (χ1v) is 5.80. The molecule has 2 N–H and O–H groups in total. The van der Waals surface area contributed by atoms with Crippen LogP contribution in [0.5, 0.6) is 0 Å². The zero-order chi connectivity index (χ0) is 11.3. The summed E-state index contributed by atoms with van der Waals surface area (Å²) in [6.07, 6.45) is 0. The molecule has 0 unspecified atom stereocenters. The molecule has 0 amide bonds. The van der Waals surface area contributed by atoms with E-state index in [1.54, 1.807) is 13.2 Å². The van der Waals surface area contributed by atoms with Crippen LogP contribution < -0.4 is 5.73 Å². The van der Waals surface area contributed by atoms with Crippen molar-refractivity contribution in [3.8, 4) is 0 Å². The van der Waals surface area contributed by atoms with E-state index in [1.165, 1.54) is 17.8 Å². The first kappa shape index (κ1) is 12.5. The number of nitrogens with two attached hydrogens (primary N) is 1. The molecule has 0 aliphatic rings. The van der Waals surface area contributed by atoms with Gasteiger partial charge >= 0.3 is 0 Å². The van der Waals surface area contributed by atoms with Crippen molar-refractivity contribution in [2.75, 3.05) is 19.5 Å². The summed E-state index contributed by atoms with van der Waals surface area (Å²) in [7, 11) is 1.64. The van der Waals surface area contributed by atoms with Gasteiger partial charge in [-0.3, -0.25) is 0 Å². The molecule has 0 radical (unpaired) electrons. The summed E-state index contributed by atoms with van der Waals surface area (Å²) in [6.45, 7) is 2.46. The molecule has 0 aromatic heterocycles. The second-order valence-corrected chi connectivity index (χ2v) is 4.46. The Bertz CT molecular complexity index is 317. The van der Waals surface area contributed by atoms with Crippen LogP contribution in [0.1, 0.15) is 18.5 Å². The lowest BCUT2D eigenvalue weighted by Gasteiger charge is -2.08. The summed E-state index contributed by atoms with van der Waals surface area (Å²) in [6, 6.07) is 5.01. The first-order valence-electron chi connectivity index (χ1n) is 4.82. The number of rotatable bonds is 5. The topological polar surface area (TPSA) is 35.2 Å². The Balaban J connectivity index is 2.66. The van der Waals surface area contributed by atoms with E-state index in [9.17, 15) is 4.39 Å². The Morgan fingerprint density at radius 2 is 2.27 bits per heavy atom. The van der Waals surface area contributed by atoms with Gasteiger partial charge in [-0.1, -0.05) is 6.07 Å². The molecule has 0 aliphatic heterocycles. The Kier molecular flexibility index (Phi) is 5.08. The molecule has 4 heteroatoms. The number of thioether (sulfide) groups is 1. The smallest absolute Gasteiger partial charge is 0.137 e. The summed E-state index contributed by atoms with van der Waals surface area (Å²) in [5.74, 6) is 0.552. The molecule has 1 atom stereocenters. The molecule has 0 heterocycles. The minimum atomic E-state index is -0.203. The zero-order valence-electron chi connectivity index (χ0n) is 9.00. The maximum absolute atomic E-state index is 13.5. The highest BCUT2D eigenvalue weighted by Gasteiger charge is 2.06. The maximum Gasteiger partial charge on any atom is 0.137 e. The lowest BCUT2D eigenvalue weighted by atomic mass is 10.1. The van der Waals surface area contributed by atoms with Crippen LogP contribution in [0.3, 0.4) is 0 Å². The molecule has 1 aromatic rings. The van der Waals surface area contributed by atoms with Crippen LogP contribution in [0.2, 0.25) is 0 Å². The van der Waals surface area contributed by atoms with E-state index >= 15 is 0 Å². The molecule has 1 rings (SSSR count). The standard InChI is InChI=1S/C11H16FNOS/c1-8(13)9-3-4-11(10(12)7-9)15-6-5-14-2/h3-4,7-8H,5-6,13H2,1-2H3/t8-/m0/s1. The summed E-state index contributed by atoms with van der Waals surface area (Å²) in [4.78, 5) is 0.649. The van der Waals surface area contributed by atoms with Crippen LogP contribution in [0.25, 0.3) is 0 Å². The summed E-state index contributed by atoms with van der Waals surface area (Å²) in [5.41, 5.74) is 6.48. The minimum Gasteiger partial charge on any atom is -0.384 e. The summed E-state index contributed by atoms with van der Waals surface area (Å²) in [5, 5.41) is 0. The van der Waals surface area contributed by atoms with Gasteiger partial charge in [0.15, 0.2) is 0 Å². The van der Waals surface area contributed by atoms with Gasteiger partial charge < -0.3 is 10.5 Å². The quantitative estimate of drug-likeness (QED) is 0.622. The van der Waals surface area contributed by atoms with E-state index in [1.807, 2.05) is 13.0 Å². The van der Waals surface area contributed by atoms with E-state index in [4.69, 9.17) is 10.5 Å². The fourth-order valence-corrected chi connectivity index (χ4v) is 1.98. The highest BCUT2D eigenvalue weighted by Crippen LogP contribution is 2.24. The number of ether oxygens (including phenoxy) is 1. The third-order valence-electron chi connectivity index (χ3n) is 2.03. The largest absolute Gasteiger partial charge is 0.384 e. The van der Waals surface area contributed by atoms with Crippen molar-refractivity contribution in [2.24, 2.45) is 5.73 Å². The first-order chi connectivity index (χ1) is 7.15. The monoisotopic (exact) mass is 229 g/mol. The Morgan fingerprint density at radius 3 is 2.80 bits per heavy atom. The average Bonchev–Trinajstić information content (AvgIpc) is 2.20. The van der Waals surface area contributed by atoms with Gasteiger partial charge in [0, 0.05) is 23.8 Å². The number of halogens is 1. The Labute approximate surface area is 94.0 Å². The molecule has 2 nitrogen and oxygen atoms in total. The van der Waals surface area contributed by atoms with Gasteiger partial charge in [-0.25, -0.2) is 4.39 Å². The van der Waals surface area contributed by atoms with Crippen molar-refractivity contribution < 1.29 is 9.13 Å². The van der Waals surface area contributed by atoms with Crippen molar-refractivity contribution in [3.05, 3.63) is 29.6 Å². The highest BCUT2D eigenvalue weighted by molar-refractivity contribution is 7.99. The Hall–Kier alpha value is -0.580. The van der Waals surface area contributed by atoms with Crippen LogP contribution in [-0.4, -0.2) is 19.5 Å². The van der Waals surface area contributed by atoms with Crippen LogP contribution in [-0.2, 0) is 4.74 Å². The molecule has 1 aromatic carbocycles. The third kappa shape index (κ3) is 3.81. The molecule has 84 valence electrons. The van der Waals surface area contributed by atoms with Gasteiger partial charge in [0.1, 0.15) is 5.82 Å². The average molecular weight is 229 g/mol. The van der Waals surface area contributed by atoms with E-state index < -0.39 is 0 Å². The predicted octanol–water partition coefficient (Wildman–Crippen LogP) is 2.58. The van der Waals surface area contributed by atoms with Crippen LogP contribution >= 0.6 is 11.8 Å². The van der Waals surface area contributed by atoms with Crippen molar-refractivity contribution in [2.45, 2.75) is 17.9 Å². The third-order valence-corrected chi connectivity index (χ3v) is 3.04. The fourth-order valence-electron chi connectivity index (χ4n) is 1.15. The van der Waals surface area contributed by atoms with Crippen molar-refractivity contribution >= 4 is 11.8 Å². The van der Waals surface area contributed by atoms with Gasteiger partial charge in [-0.15, -0.1) is 11.8 Å². The van der Waals surface area contributed by atoms with E-state index in [-0.39, 0.29) is 11.9 Å². The minimum absolute atomic E-state index is 0.127. The molecule has 0 aliphatic carbocycles. The fraction of sp³-hybridized carbons (Fsp3) is 0.455. The van der Waals surface area contributed by atoms with Crippen LogP contribution in [0.15, 0.2) is 23.1 Å². The van der Waals surface area contributed by atoms with Gasteiger partial charge in [0.2, 0.25) is 0 Å². The number of methoxy groups -OCH3 is 1. The summed E-state index contributed by atoms with van der Waals surface area (Å²) < 4.78 is 18.4. The second-order valence-electron chi connectivity index (χ2n) is 3.32. The molecule has 15 heavy (non-hydrogen) atoms. The van der Waals surface area contributed by atoms with E-state index in [0.29, 0.717) is 11.5 Å². The van der Waals surface area contributed by atoms with Gasteiger partial charge in [0.25, 0.3) is 0 Å². The Morgan fingerprint density at radius 1 is 1.53 bits per heavy atom. The molecule has 0 saturated carbocycles. The molecule has 0 spiro atoms. The predicted molar refractivity (Wildman–Crippen MR) is 61.6 cm³/mol. The molecule has 0 bridgehead atoms. The molecular weight excluding hydrogens is 213 g/mol. The maximum atomic E-state index is 13.5. The normalized spacial score (nSPS) is 12.8. The lowest BCUT2D eigenvalue weighted by Crippen LogP contribution is -2.05. The molecular formula is C11H16FNOS. The molecule has 0 fully saturated rings. The van der Waals surface area contributed by atoms with Crippen LogP contribution in [0.4, 0.5) is 4.39 Å². The number of benzene rings is 1. The highest BCUT2D eigenvalue weighted by atomic mass is 32.2. The van der Waals surface area contributed by atoms with E-state index in [2.05, 4.69) is 0 Å². The van der Waals surface area contributed by atoms with Gasteiger partial charge in [-0.2, -0.15) is 0 Å². The van der Waals surface area contributed by atoms with Gasteiger partial charge in [-0.05, 0) is 24.6 Å².